The van der Waals surface area contributed by atoms with Gasteiger partial charge in [-0.3, -0.25) is 0 Å². The minimum atomic E-state index is -2.41. The molecule has 0 aromatic carbocycles. The monoisotopic (exact) mass is 177 g/mol. The second-order valence-electron chi connectivity index (χ2n) is 2.14. The lowest BCUT2D eigenvalue weighted by molar-refractivity contribution is 0.162. The van der Waals surface area contributed by atoms with Crippen molar-refractivity contribution in [3.8, 4) is 0 Å². The van der Waals surface area contributed by atoms with E-state index in [2.05, 4.69) is 20.0 Å². The average molecular weight is 177 g/mol. The van der Waals surface area contributed by atoms with Gasteiger partial charge in [-0.25, -0.2) is 8.78 Å². The molecule has 6 heteroatoms. The fourth-order valence-corrected chi connectivity index (χ4v) is 0.634. The van der Waals surface area contributed by atoms with Crippen LogP contribution in [0.15, 0.2) is 4.52 Å². The molecule has 12 heavy (non-hydrogen) atoms. The van der Waals surface area contributed by atoms with Gasteiger partial charge in [0.15, 0.2) is 5.82 Å². The molecule has 0 saturated heterocycles. The highest BCUT2D eigenvalue weighted by Crippen LogP contribution is 2.04. The normalized spacial score (nSPS) is 10.7. The molecule has 0 spiro atoms. The smallest absolute Gasteiger partial charge is 0.321 e. The van der Waals surface area contributed by atoms with Crippen LogP contribution in [0.2, 0.25) is 0 Å². The predicted octanol–water partition coefficient (Wildman–Crippen LogP) is 1.31. The van der Waals surface area contributed by atoms with Crippen LogP contribution < -0.4 is 5.32 Å². The van der Waals surface area contributed by atoms with E-state index >= 15 is 0 Å². The predicted molar refractivity (Wildman–Crippen MR) is 38.2 cm³/mol. The summed E-state index contributed by atoms with van der Waals surface area (Å²) in [5.41, 5.74) is 0. The van der Waals surface area contributed by atoms with Gasteiger partial charge < -0.3 is 9.84 Å². The molecule has 0 aliphatic heterocycles. The van der Waals surface area contributed by atoms with Crippen molar-refractivity contribution in [1.82, 2.24) is 10.1 Å². The van der Waals surface area contributed by atoms with Crippen LogP contribution >= 0.6 is 0 Å². The topological polar surface area (TPSA) is 51.0 Å². The summed E-state index contributed by atoms with van der Waals surface area (Å²) >= 11 is 0. The Hall–Kier alpha value is -1.20. The number of aryl methyl sites for hydroxylation is 1. The number of nitrogens with one attached hydrogen (secondary N) is 1. The summed E-state index contributed by atoms with van der Waals surface area (Å²) in [6.07, 6.45) is -1.79. The van der Waals surface area contributed by atoms with Crippen molar-refractivity contribution in [2.45, 2.75) is 19.8 Å². The van der Waals surface area contributed by atoms with Gasteiger partial charge in [-0.05, 0) is 0 Å². The van der Waals surface area contributed by atoms with E-state index in [0.29, 0.717) is 12.2 Å². The summed E-state index contributed by atoms with van der Waals surface area (Å²) in [5, 5.41) is 5.83. The van der Waals surface area contributed by atoms with Gasteiger partial charge in [-0.15, -0.1) is 0 Å². The Bertz CT molecular complexity index is 238. The van der Waals surface area contributed by atoms with Crippen molar-refractivity contribution in [3.63, 3.8) is 0 Å². The van der Waals surface area contributed by atoms with E-state index in [-0.39, 0.29) is 6.01 Å². The minimum Gasteiger partial charge on any atom is -0.332 e. The Morgan fingerprint density at radius 1 is 1.58 bits per heavy atom. The van der Waals surface area contributed by atoms with Crippen molar-refractivity contribution in [1.29, 1.82) is 0 Å². The van der Waals surface area contributed by atoms with Crippen LogP contribution in [0.4, 0.5) is 14.8 Å². The number of nitrogens with zero attached hydrogens (tertiary/aromatic N) is 2. The fourth-order valence-electron chi connectivity index (χ4n) is 0.634. The van der Waals surface area contributed by atoms with Gasteiger partial charge in [0.25, 0.3) is 6.43 Å². The lowest BCUT2D eigenvalue weighted by Gasteiger charge is -1.96. The zero-order chi connectivity index (χ0) is 8.97. The molecule has 1 heterocycles. The maximum atomic E-state index is 11.7. The Morgan fingerprint density at radius 3 is 2.83 bits per heavy atom. The Labute approximate surface area is 68.0 Å². The van der Waals surface area contributed by atoms with Crippen LogP contribution in [-0.4, -0.2) is 23.1 Å². The quantitative estimate of drug-likeness (QED) is 0.753. The molecule has 0 atom stereocenters. The lowest BCUT2D eigenvalue weighted by Crippen LogP contribution is -2.10. The number of hydrogen-bond donors (Lipinski definition) is 1. The zero-order valence-corrected chi connectivity index (χ0v) is 6.55. The molecule has 0 radical (unpaired) electrons. The summed E-state index contributed by atoms with van der Waals surface area (Å²) in [4.78, 5) is 3.78. The van der Waals surface area contributed by atoms with Crippen LogP contribution in [-0.2, 0) is 6.42 Å². The first-order valence-corrected chi connectivity index (χ1v) is 3.57. The molecule has 0 aliphatic carbocycles. The van der Waals surface area contributed by atoms with Crippen LogP contribution in [0, 0.1) is 0 Å². The van der Waals surface area contributed by atoms with Crippen molar-refractivity contribution in [3.05, 3.63) is 5.82 Å². The molecule has 1 aromatic heterocycles. The van der Waals surface area contributed by atoms with Crippen molar-refractivity contribution in [2.24, 2.45) is 0 Å². The van der Waals surface area contributed by atoms with Gasteiger partial charge >= 0.3 is 6.01 Å². The summed E-state index contributed by atoms with van der Waals surface area (Å²) in [7, 11) is 0. The molecule has 1 aromatic rings. The van der Waals surface area contributed by atoms with E-state index in [0.717, 1.165) is 0 Å². The Morgan fingerprint density at radius 2 is 2.33 bits per heavy atom. The highest BCUT2D eigenvalue weighted by molar-refractivity contribution is 5.17. The summed E-state index contributed by atoms with van der Waals surface area (Å²) in [6, 6.07) is 0.0483. The first-order chi connectivity index (χ1) is 5.72. The SMILES string of the molecule is CCc1noc(NCC(F)F)n1. The zero-order valence-electron chi connectivity index (χ0n) is 6.55. The minimum absolute atomic E-state index is 0.0483. The standard InChI is InChI=1S/C6H9F2N3O/c1-2-5-10-6(12-11-5)9-3-4(7)8/h4H,2-3H2,1H3,(H,9,10,11). The lowest BCUT2D eigenvalue weighted by atomic mass is 10.5. The number of aromatic nitrogens is 2. The van der Waals surface area contributed by atoms with Gasteiger partial charge in [-0.1, -0.05) is 12.1 Å². The molecule has 0 fully saturated rings. The molecule has 0 saturated carbocycles. The molecule has 68 valence electrons. The maximum Gasteiger partial charge on any atom is 0.321 e. The Balaban J connectivity index is 2.41. The number of anilines is 1. The second kappa shape index (κ2) is 3.99. The third-order valence-electron chi connectivity index (χ3n) is 1.19. The molecule has 1 N–H and O–H groups in total. The van der Waals surface area contributed by atoms with Crippen molar-refractivity contribution >= 4 is 6.01 Å². The van der Waals surface area contributed by atoms with Crippen LogP contribution in [0.5, 0.6) is 0 Å². The first-order valence-electron chi connectivity index (χ1n) is 3.57. The largest absolute Gasteiger partial charge is 0.332 e. The molecule has 0 aliphatic rings. The highest BCUT2D eigenvalue weighted by atomic mass is 19.3. The van der Waals surface area contributed by atoms with Crippen LogP contribution in [0.3, 0.4) is 0 Å². The van der Waals surface area contributed by atoms with E-state index in [1.165, 1.54) is 0 Å². The van der Waals surface area contributed by atoms with Crippen LogP contribution in [0.1, 0.15) is 12.7 Å². The Kier molecular flexibility index (Phi) is 2.95. The molecule has 0 bridgehead atoms. The van der Waals surface area contributed by atoms with E-state index in [1.54, 1.807) is 0 Å². The van der Waals surface area contributed by atoms with Crippen molar-refractivity contribution < 1.29 is 13.3 Å². The van der Waals surface area contributed by atoms with Gasteiger partial charge in [0.2, 0.25) is 0 Å². The highest BCUT2D eigenvalue weighted by Gasteiger charge is 2.06. The molecule has 0 unspecified atom stereocenters. The average Bonchev–Trinajstić information content (AvgIpc) is 2.48. The third-order valence-corrected chi connectivity index (χ3v) is 1.19. The van der Waals surface area contributed by atoms with Crippen molar-refractivity contribution in [2.75, 3.05) is 11.9 Å². The van der Waals surface area contributed by atoms with E-state index in [1.807, 2.05) is 6.92 Å². The van der Waals surface area contributed by atoms with Gasteiger partial charge in [0, 0.05) is 6.42 Å². The summed E-state index contributed by atoms with van der Waals surface area (Å²) in [6.45, 7) is 1.38. The molecule has 0 amide bonds. The number of alkyl halides is 2. The fraction of sp³-hybridized carbons (Fsp3) is 0.667. The maximum absolute atomic E-state index is 11.7. The van der Waals surface area contributed by atoms with Crippen LogP contribution in [0.25, 0.3) is 0 Å². The van der Waals surface area contributed by atoms with Gasteiger partial charge in [0.05, 0.1) is 6.54 Å². The number of hydrogen-bond acceptors (Lipinski definition) is 4. The van der Waals surface area contributed by atoms with E-state index in [4.69, 9.17) is 0 Å². The number of halogens is 2. The van der Waals surface area contributed by atoms with Gasteiger partial charge in [-0.2, -0.15) is 4.98 Å². The summed E-state index contributed by atoms with van der Waals surface area (Å²) in [5.74, 6) is 0.506. The molecular formula is C6H9F2N3O. The molecular weight excluding hydrogens is 168 g/mol. The third kappa shape index (κ3) is 2.44. The van der Waals surface area contributed by atoms with E-state index in [9.17, 15) is 8.78 Å². The number of rotatable bonds is 4. The first kappa shape index (κ1) is 8.89. The second-order valence-corrected chi connectivity index (χ2v) is 2.14. The summed E-state index contributed by atoms with van der Waals surface area (Å²) < 4.78 is 27.9. The van der Waals surface area contributed by atoms with E-state index < -0.39 is 13.0 Å². The van der Waals surface area contributed by atoms with Gasteiger partial charge in [0.1, 0.15) is 0 Å². The molecule has 4 nitrogen and oxygen atoms in total. The molecule has 1 rings (SSSR count).